The highest BCUT2D eigenvalue weighted by atomic mass is 16.4. The molecule has 1 heterocycles. The van der Waals surface area contributed by atoms with Gasteiger partial charge in [-0.25, -0.2) is 0 Å². The lowest BCUT2D eigenvalue weighted by Crippen LogP contribution is -2.00. The van der Waals surface area contributed by atoms with Crippen molar-refractivity contribution in [3.05, 3.63) is 23.0 Å². The lowest BCUT2D eigenvalue weighted by atomic mass is 10.1. The van der Waals surface area contributed by atoms with Crippen LogP contribution in [0.4, 0.5) is 0 Å². The SMILES string of the molecule is Cc1cc(CCCC(=O)O)c(C)n1C1CC1. The number of rotatable bonds is 5. The number of hydrogen-bond acceptors (Lipinski definition) is 1. The molecule has 0 aliphatic heterocycles. The summed E-state index contributed by atoms with van der Waals surface area (Å²) in [6.45, 7) is 4.30. The zero-order chi connectivity index (χ0) is 11.7. The van der Waals surface area contributed by atoms with E-state index < -0.39 is 5.97 Å². The second-order valence-electron chi connectivity index (χ2n) is 4.74. The maximum absolute atomic E-state index is 10.5. The predicted molar refractivity (Wildman–Crippen MR) is 62.8 cm³/mol. The molecule has 0 spiro atoms. The molecule has 1 N–H and O–H groups in total. The van der Waals surface area contributed by atoms with Crippen LogP contribution in [-0.4, -0.2) is 15.6 Å². The second kappa shape index (κ2) is 4.32. The minimum Gasteiger partial charge on any atom is -0.481 e. The van der Waals surface area contributed by atoms with E-state index in [0.29, 0.717) is 6.04 Å². The summed E-state index contributed by atoms with van der Waals surface area (Å²) in [6.07, 6.45) is 4.49. The topological polar surface area (TPSA) is 42.2 Å². The Kier molecular flexibility index (Phi) is 3.03. The van der Waals surface area contributed by atoms with Crippen molar-refractivity contribution in [1.29, 1.82) is 0 Å². The molecule has 0 radical (unpaired) electrons. The van der Waals surface area contributed by atoms with E-state index in [9.17, 15) is 4.79 Å². The fourth-order valence-corrected chi connectivity index (χ4v) is 2.42. The molecule has 0 saturated heterocycles. The lowest BCUT2D eigenvalue weighted by molar-refractivity contribution is -0.137. The summed E-state index contributed by atoms with van der Waals surface area (Å²) < 4.78 is 2.41. The zero-order valence-electron chi connectivity index (χ0n) is 9.99. The normalized spacial score (nSPS) is 15.4. The molecule has 1 aliphatic carbocycles. The maximum atomic E-state index is 10.5. The smallest absolute Gasteiger partial charge is 0.303 e. The summed E-state index contributed by atoms with van der Waals surface area (Å²) in [7, 11) is 0. The van der Waals surface area contributed by atoms with Crippen LogP contribution in [0.25, 0.3) is 0 Å². The third-order valence-corrected chi connectivity index (χ3v) is 3.34. The summed E-state index contributed by atoms with van der Waals surface area (Å²) in [5.41, 5.74) is 3.99. The quantitative estimate of drug-likeness (QED) is 0.830. The zero-order valence-corrected chi connectivity index (χ0v) is 9.99. The Hall–Kier alpha value is -1.25. The van der Waals surface area contributed by atoms with E-state index in [1.165, 1.54) is 29.8 Å². The van der Waals surface area contributed by atoms with Crippen LogP contribution in [0.15, 0.2) is 6.07 Å². The molecule has 16 heavy (non-hydrogen) atoms. The first-order valence-corrected chi connectivity index (χ1v) is 5.98. The average Bonchev–Trinajstić information content (AvgIpc) is 2.96. The van der Waals surface area contributed by atoms with Crippen molar-refractivity contribution in [3.63, 3.8) is 0 Å². The Morgan fingerprint density at radius 3 is 2.75 bits per heavy atom. The first-order valence-electron chi connectivity index (χ1n) is 5.98. The fraction of sp³-hybridized carbons (Fsp3) is 0.615. The van der Waals surface area contributed by atoms with E-state index in [0.717, 1.165) is 12.8 Å². The Balaban J connectivity index is 2.04. The van der Waals surface area contributed by atoms with E-state index in [1.54, 1.807) is 0 Å². The number of aliphatic carboxylic acids is 1. The number of carboxylic acid groups (broad SMARTS) is 1. The molecule has 1 aromatic rings. The molecular formula is C13H19NO2. The predicted octanol–water partition coefficient (Wildman–Crippen LogP) is 2.85. The highest BCUT2D eigenvalue weighted by Crippen LogP contribution is 2.38. The van der Waals surface area contributed by atoms with Gasteiger partial charge in [0, 0.05) is 23.9 Å². The van der Waals surface area contributed by atoms with Gasteiger partial charge in [0.15, 0.2) is 0 Å². The largest absolute Gasteiger partial charge is 0.481 e. The van der Waals surface area contributed by atoms with Gasteiger partial charge in [0.2, 0.25) is 0 Å². The standard InChI is InChI=1S/C13H19NO2/c1-9-8-11(4-3-5-13(15)16)10(2)14(9)12-6-7-12/h8,12H,3-7H2,1-2H3,(H,15,16). The Bertz CT molecular complexity index is 402. The van der Waals surface area contributed by atoms with Gasteiger partial charge in [-0.2, -0.15) is 0 Å². The van der Waals surface area contributed by atoms with Crippen LogP contribution in [0.3, 0.4) is 0 Å². The molecule has 88 valence electrons. The molecular weight excluding hydrogens is 202 g/mol. The number of hydrogen-bond donors (Lipinski definition) is 1. The van der Waals surface area contributed by atoms with Gasteiger partial charge < -0.3 is 9.67 Å². The third kappa shape index (κ3) is 2.29. The minimum atomic E-state index is -0.698. The van der Waals surface area contributed by atoms with Crippen LogP contribution < -0.4 is 0 Å². The molecule has 0 bridgehead atoms. The van der Waals surface area contributed by atoms with Gasteiger partial charge in [0.05, 0.1) is 0 Å². The van der Waals surface area contributed by atoms with Crippen molar-refractivity contribution in [2.75, 3.05) is 0 Å². The second-order valence-corrected chi connectivity index (χ2v) is 4.74. The van der Waals surface area contributed by atoms with Crippen LogP contribution >= 0.6 is 0 Å². The lowest BCUT2D eigenvalue weighted by Gasteiger charge is -2.07. The van der Waals surface area contributed by atoms with Crippen molar-refractivity contribution in [3.8, 4) is 0 Å². The van der Waals surface area contributed by atoms with E-state index in [1.807, 2.05) is 0 Å². The average molecular weight is 221 g/mol. The molecule has 1 saturated carbocycles. The Labute approximate surface area is 96.1 Å². The Morgan fingerprint density at radius 2 is 2.19 bits per heavy atom. The van der Waals surface area contributed by atoms with Gasteiger partial charge in [0.1, 0.15) is 0 Å². The molecule has 0 unspecified atom stereocenters. The molecule has 1 aliphatic rings. The summed E-state index contributed by atoms with van der Waals surface area (Å²) >= 11 is 0. The van der Waals surface area contributed by atoms with Gasteiger partial charge in [-0.05, 0) is 51.2 Å². The van der Waals surface area contributed by atoms with Crippen LogP contribution in [0.2, 0.25) is 0 Å². The van der Waals surface area contributed by atoms with Crippen molar-refractivity contribution in [2.24, 2.45) is 0 Å². The Morgan fingerprint density at radius 1 is 1.50 bits per heavy atom. The molecule has 0 atom stereocenters. The minimum absolute atomic E-state index is 0.271. The van der Waals surface area contributed by atoms with E-state index in [-0.39, 0.29) is 6.42 Å². The number of aryl methyl sites for hydroxylation is 2. The molecule has 1 aromatic heterocycles. The van der Waals surface area contributed by atoms with Crippen LogP contribution in [-0.2, 0) is 11.2 Å². The molecule has 0 amide bonds. The number of carbonyl (C=O) groups is 1. The van der Waals surface area contributed by atoms with E-state index in [2.05, 4.69) is 24.5 Å². The highest BCUT2D eigenvalue weighted by Gasteiger charge is 2.26. The number of aromatic nitrogens is 1. The van der Waals surface area contributed by atoms with Gasteiger partial charge in [-0.15, -0.1) is 0 Å². The summed E-state index contributed by atoms with van der Waals surface area (Å²) in [4.78, 5) is 10.5. The van der Waals surface area contributed by atoms with Crippen LogP contribution in [0.5, 0.6) is 0 Å². The molecule has 2 rings (SSSR count). The van der Waals surface area contributed by atoms with Gasteiger partial charge in [-0.3, -0.25) is 4.79 Å². The molecule has 3 heteroatoms. The molecule has 1 fully saturated rings. The van der Waals surface area contributed by atoms with Gasteiger partial charge >= 0.3 is 5.97 Å². The van der Waals surface area contributed by atoms with Crippen molar-refractivity contribution < 1.29 is 9.90 Å². The third-order valence-electron chi connectivity index (χ3n) is 3.34. The van der Waals surface area contributed by atoms with Gasteiger partial charge in [0.25, 0.3) is 0 Å². The summed E-state index contributed by atoms with van der Waals surface area (Å²) in [6, 6.07) is 2.93. The van der Waals surface area contributed by atoms with Crippen molar-refractivity contribution in [2.45, 2.75) is 52.0 Å². The van der Waals surface area contributed by atoms with Crippen LogP contribution in [0.1, 0.15) is 48.7 Å². The number of carboxylic acids is 1. The van der Waals surface area contributed by atoms with Crippen molar-refractivity contribution in [1.82, 2.24) is 4.57 Å². The van der Waals surface area contributed by atoms with Gasteiger partial charge in [-0.1, -0.05) is 0 Å². The monoisotopic (exact) mass is 221 g/mol. The first-order chi connectivity index (χ1) is 7.59. The van der Waals surface area contributed by atoms with Crippen molar-refractivity contribution >= 4 is 5.97 Å². The summed E-state index contributed by atoms with van der Waals surface area (Å²) in [5, 5.41) is 8.61. The number of nitrogens with zero attached hydrogens (tertiary/aromatic N) is 1. The maximum Gasteiger partial charge on any atom is 0.303 e. The first kappa shape index (κ1) is 11.2. The summed E-state index contributed by atoms with van der Waals surface area (Å²) in [5.74, 6) is -0.698. The van der Waals surface area contributed by atoms with E-state index in [4.69, 9.17) is 5.11 Å². The van der Waals surface area contributed by atoms with Crippen LogP contribution in [0, 0.1) is 13.8 Å². The molecule has 0 aromatic carbocycles. The van der Waals surface area contributed by atoms with E-state index >= 15 is 0 Å². The molecule has 3 nitrogen and oxygen atoms in total. The highest BCUT2D eigenvalue weighted by molar-refractivity contribution is 5.66. The fourth-order valence-electron chi connectivity index (χ4n) is 2.42.